The second kappa shape index (κ2) is 10.2. The van der Waals surface area contributed by atoms with Gasteiger partial charge >= 0.3 is 0 Å². The molecule has 0 unspecified atom stereocenters. The topological polar surface area (TPSA) is 109 Å². The molecule has 0 bridgehead atoms. The van der Waals surface area contributed by atoms with Crippen molar-refractivity contribution in [2.75, 3.05) is 19.6 Å². The highest BCUT2D eigenvalue weighted by Gasteiger charge is 2.27. The third-order valence-electron chi connectivity index (χ3n) is 4.97. The van der Waals surface area contributed by atoms with E-state index in [2.05, 4.69) is 26.0 Å². The largest absolute Gasteiger partial charge is 0.467 e. The van der Waals surface area contributed by atoms with E-state index in [1.54, 1.807) is 35.4 Å². The summed E-state index contributed by atoms with van der Waals surface area (Å²) in [7, 11) is -3.67. The van der Waals surface area contributed by atoms with Crippen molar-refractivity contribution in [1.82, 2.24) is 14.9 Å². The van der Waals surface area contributed by atoms with E-state index in [0.717, 1.165) is 0 Å². The SMILES string of the molecule is O=C(NCc1ccco1)C1CCN(C(=O)CCNS(=O)(=O)c2cccc(Br)c2)CC1. The van der Waals surface area contributed by atoms with Crippen molar-refractivity contribution in [2.45, 2.75) is 30.7 Å². The van der Waals surface area contributed by atoms with Crippen LogP contribution in [0.4, 0.5) is 0 Å². The van der Waals surface area contributed by atoms with Crippen LogP contribution in [-0.2, 0) is 26.2 Å². The van der Waals surface area contributed by atoms with Crippen molar-refractivity contribution >= 4 is 37.8 Å². The van der Waals surface area contributed by atoms with Gasteiger partial charge in [0.15, 0.2) is 0 Å². The summed E-state index contributed by atoms with van der Waals surface area (Å²) in [5.41, 5.74) is 0. The third kappa shape index (κ3) is 6.16. The van der Waals surface area contributed by atoms with Gasteiger partial charge in [0.2, 0.25) is 21.8 Å². The van der Waals surface area contributed by atoms with Gasteiger partial charge in [-0.15, -0.1) is 0 Å². The smallest absolute Gasteiger partial charge is 0.240 e. The summed E-state index contributed by atoms with van der Waals surface area (Å²) < 4.78 is 32.9. The normalized spacial score (nSPS) is 15.2. The lowest BCUT2D eigenvalue weighted by atomic mass is 9.95. The molecule has 3 rings (SSSR count). The van der Waals surface area contributed by atoms with Crippen LogP contribution in [0.15, 0.2) is 56.4 Å². The molecular formula is C20H24BrN3O5S. The molecule has 1 saturated heterocycles. The van der Waals surface area contributed by atoms with Gasteiger partial charge in [0.1, 0.15) is 5.76 Å². The third-order valence-corrected chi connectivity index (χ3v) is 6.92. The molecule has 2 aromatic rings. The molecule has 0 atom stereocenters. The van der Waals surface area contributed by atoms with Gasteiger partial charge in [-0.2, -0.15) is 0 Å². The van der Waals surface area contributed by atoms with E-state index >= 15 is 0 Å². The van der Waals surface area contributed by atoms with Crippen molar-refractivity contribution in [3.63, 3.8) is 0 Å². The van der Waals surface area contributed by atoms with Gasteiger partial charge in [-0.25, -0.2) is 13.1 Å². The number of amides is 2. The maximum Gasteiger partial charge on any atom is 0.240 e. The molecule has 1 fully saturated rings. The lowest BCUT2D eigenvalue weighted by Crippen LogP contribution is -2.43. The number of sulfonamides is 1. The number of halogens is 1. The molecule has 1 aliphatic rings. The highest BCUT2D eigenvalue weighted by Crippen LogP contribution is 2.19. The first-order valence-electron chi connectivity index (χ1n) is 9.68. The second-order valence-corrected chi connectivity index (χ2v) is 9.74. The van der Waals surface area contributed by atoms with E-state index in [1.165, 1.54) is 12.1 Å². The maximum atomic E-state index is 12.4. The fourth-order valence-electron chi connectivity index (χ4n) is 3.29. The van der Waals surface area contributed by atoms with Crippen LogP contribution in [0.3, 0.4) is 0 Å². The molecule has 2 amide bonds. The van der Waals surface area contributed by atoms with Crippen LogP contribution in [0, 0.1) is 5.92 Å². The number of benzene rings is 1. The molecular weight excluding hydrogens is 474 g/mol. The molecule has 30 heavy (non-hydrogen) atoms. The number of hydrogen-bond donors (Lipinski definition) is 2. The quantitative estimate of drug-likeness (QED) is 0.581. The number of carbonyl (C=O) groups is 2. The van der Waals surface area contributed by atoms with Gasteiger partial charge in [0, 0.05) is 36.4 Å². The van der Waals surface area contributed by atoms with Crippen LogP contribution in [0.1, 0.15) is 25.0 Å². The molecule has 0 spiro atoms. The van der Waals surface area contributed by atoms with Crippen LogP contribution in [0.2, 0.25) is 0 Å². The summed E-state index contributed by atoms with van der Waals surface area (Å²) in [5.74, 6) is 0.391. The highest BCUT2D eigenvalue weighted by atomic mass is 79.9. The van der Waals surface area contributed by atoms with E-state index in [-0.39, 0.29) is 35.6 Å². The van der Waals surface area contributed by atoms with Crippen molar-refractivity contribution in [3.8, 4) is 0 Å². The minimum absolute atomic E-state index is 0.0250. The lowest BCUT2D eigenvalue weighted by molar-refractivity contribution is -0.135. The average molecular weight is 498 g/mol. The monoisotopic (exact) mass is 497 g/mol. The molecule has 162 valence electrons. The zero-order valence-electron chi connectivity index (χ0n) is 16.3. The Hall–Kier alpha value is -2.17. The number of nitrogens with zero attached hydrogens (tertiary/aromatic N) is 1. The number of carbonyl (C=O) groups excluding carboxylic acids is 2. The van der Waals surface area contributed by atoms with Gasteiger partial charge in [-0.3, -0.25) is 9.59 Å². The molecule has 8 nitrogen and oxygen atoms in total. The Labute approximate surface area is 184 Å². The number of hydrogen-bond acceptors (Lipinski definition) is 5. The van der Waals surface area contributed by atoms with E-state index in [4.69, 9.17) is 4.42 Å². The minimum atomic E-state index is -3.67. The predicted molar refractivity (Wildman–Crippen MR) is 114 cm³/mol. The van der Waals surface area contributed by atoms with Gasteiger partial charge in [-0.05, 0) is 43.2 Å². The first kappa shape index (κ1) is 22.5. The predicted octanol–water partition coefficient (Wildman–Crippen LogP) is 2.27. The van der Waals surface area contributed by atoms with Crippen molar-refractivity contribution in [3.05, 3.63) is 52.9 Å². The Kier molecular flexibility index (Phi) is 7.68. The first-order valence-corrected chi connectivity index (χ1v) is 12.0. The fraction of sp³-hybridized carbons (Fsp3) is 0.400. The van der Waals surface area contributed by atoms with Crippen molar-refractivity contribution in [2.24, 2.45) is 5.92 Å². The van der Waals surface area contributed by atoms with Gasteiger partial charge in [0.05, 0.1) is 17.7 Å². The Bertz CT molecular complexity index is 970. The van der Waals surface area contributed by atoms with Crippen LogP contribution in [-0.4, -0.2) is 44.8 Å². The molecule has 1 aromatic carbocycles. The lowest BCUT2D eigenvalue weighted by Gasteiger charge is -2.31. The Morgan fingerprint density at radius 3 is 2.60 bits per heavy atom. The summed E-state index contributed by atoms with van der Waals surface area (Å²) in [6.07, 6.45) is 2.80. The Morgan fingerprint density at radius 2 is 1.93 bits per heavy atom. The van der Waals surface area contributed by atoms with E-state index in [0.29, 0.717) is 42.7 Å². The highest BCUT2D eigenvalue weighted by molar-refractivity contribution is 9.10. The first-order chi connectivity index (χ1) is 14.3. The molecule has 10 heteroatoms. The summed E-state index contributed by atoms with van der Waals surface area (Å²) in [6.45, 7) is 1.34. The fourth-order valence-corrected chi connectivity index (χ4v) is 4.92. The van der Waals surface area contributed by atoms with E-state index in [9.17, 15) is 18.0 Å². The number of likely N-dealkylation sites (tertiary alicyclic amines) is 1. The average Bonchev–Trinajstić information content (AvgIpc) is 3.25. The number of nitrogens with one attached hydrogen (secondary N) is 2. The van der Waals surface area contributed by atoms with Crippen molar-refractivity contribution in [1.29, 1.82) is 0 Å². The van der Waals surface area contributed by atoms with E-state index < -0.39 is 10.0 Å². The summed E-state index contributed by atoms with van der Waals surface area (Å²) in [5, 5.41) is 2.85. The number of piperidine rings is 1. The van der Waals surface area contributed by atoms with Crippen molar-refractivity contribution < 1.29 is 22.4 Å². The summed E-state index contributed by atoms with van der Waals surface area (Å²) in [4.78, 5) is 26.5. The molecule has 2 heterocycles. The summed E-state index contributed by atoms with van der Waals surface area (Å²) >= 11 is 3.25. The summed E-state index contributed by atoms with van der Waals surface area (Å²) in [6, 6.07) is 9.95. The molecule has 0 radical (unpaired) electrons. The van der Waals surface area contributed by atoms with Crippen LogP contribution in [0.5, 0.6) is 0 Å². The van der Waals surface area contributed by atoms with Crippen LogP contribution < -0.4 is 10.0 Å². The standard InChI is InChI=1S/C20H24BrN3O5S/c21-16-3-1-5-18(13-16)30(27,28)23-9-6-19(25)24-10-7-15(8-11-24)20(26)22-14-17-4-2-12-29-17/h1-5,12-13,15,23H,6-11,14H2,(H,22,26). The second-order valence-electron chi connectivity index (χ2n) is 7.06. The van der Waals surface area contributed by atoms with Crippen LogP contribution >= 0.6 is 15.9 Å². The number of rotatable bonds is 8. The van der Waals surface area contributed by atoms with Crippen LogP contribution in [0.25, 0.3) is 0 Å². The molecule has 1 aliphatic heterocycles. The molecule has 0 aliphatic carbocycles. The molecule has 1 aromatic heterocycles. The Balaban J connectivity index is 1.39. The zero-order valence-corrected chi connectivity index (χ0v) is 18.7. The number of furan rings is 1. The van der Waals surface area contributed by atoms with Gasteiger partial charge in [0.25, 0.3) is 0 Å². The minimum Gasteiger partial charge on any atom is -0.467 e. The Morgan fingerprint density at radius 1 is 1.17 bits per heavy atom. The van der Waals surface area contributed by atoms with E-state index in [1.807, 2.05) is 0 Å². The molecule has 0 saturated carbocycles. The zero-order chi connectivity index (χ0) is 21.6. The maximum absolute atomic E-state index is 12.4. The van der Waals surface area contributed by atoms with Gasteiger partial charge < -0.3 is 14.6 Å². The van der Waals surface area contributed by atoms with Gasteiger partial charge in [-0.1, -0.05) is 22.0 Å². The molecule has 2 N–H and O–H groups in total.